The van der Waals surface area contributed by atoms with Crippen molar-refractivity contribution in [3.8, 4) is 0 Å². The summed E-state index contributed by atoms with van der Waals surface area (Å²) < 4.78 is 2.20. The van der Waals surface area contributed by atoms with Crippen molar-refractivity contribution in [3.63, 3.8) is 0 Å². The number of aromatic nitrogens is 2. The standard InChI is InChI=1S/C24H28N4O2S2/c1-15-9-12-26(13-10-15)21-18(22(29)27-11-5-6-16(2)20(27)25-21)14-19-23(30)28(24(31)32-19)17-7-3-4-8-17/h5-6,11,14-15,17H,3-4,7-10,12-13H2,1-2H3. The SMILES string of the molecule is Cc1cccn2c(=O)c(C=C3SC(=S)N(C4CCCC4)C3=O)c(N3CCC(C)CC3)nc12. The van der Waals surface area contributed by atoms with Crippen LogP contribution >= 0.6 is 24.0 Å². The summed E-state index contributed by atoms with van der Waals surface area (Å²) in [5.41, 5.74) is 1.96. The van der Waals surface area contributed by atoms with Gasteiger partial charge in [0.05, 0.1) is 10.5 Å². The average Bonchev–Trinajstić information content (AvgIpc) is 3.39. The van der Waals surface area contributed by atoms with Crippen molar-refractivity contribution in [2.45, 2.75) is 58.4 Å². The third kappa shape index (κ3) is 3.77. The molecule has 168 valence electrons. The van der Waals surface area contributed by atoms with Crippen molar-refractivity contribution in [1.29, 1.82) is 0 Å². The Labute approximate surface area is 197 Å². The largest absolute Gasteiger partial charge is 0.356 e. The summed E-state index contributed by atoms with van der Waals surface area (Å²) in [6, 6.07) is 4.02. The first-order chi connectivity index (χ1) is 15.4. The average molecular weight is 469 g/mol. The molecular weight excluding hydrogens is 440 g/mol. The van der Waals surface area contributed by atoms with Crippen molar-refractivity contribution < 1.29 is 4.79 Å². The number of pyridine rings is 1. The molecule has 32 heavy (non-hydrogen) atoms. The van der Waals surface area contributed by atoms with Crippen molar-refractivity contribution in [1.82, 2.24) is 14.3 Å². The first-order valence-corrected chi connectivity index (χ1v) is 12.7. The molecule has 6 nitrogen and oxygen atoms in total. The second-order valence-corrected chi connectivity index (χ2v) is 10.9. The van der Waals surface area contributed by atoms with E-state index in [9.17, 15) is 9.59 Å². The molecule has 3 fully saturated rings. The van der Waals surface area contributed by atoms with E-state index in [2.05, 4.69) is 11.8 Å². The topological polar surface area (TPSA) is 57.9 Å². The number of nitrogens with zero attached hydrogens (tertiary/aromatic N) is 4. The van der Waals surface area contributed by atoms with E-state index in [0.717, 1.165) is 57.2 Å². The number of rotatable bonds is 3. The zero-order valence-electron chi connectivity index (χ0n) is 18.5. The quantitative estimate of drug-likeness (QED) is 0.492. The molecule has 0 bridgehead atoms. The Hall–Kier alpha value is -2.19. The molecule has 1 saturated carbocycles. The van der Waals surface area contributed by atoms with E-state index in [4.69, 9.17) is 17.2 Å². The lowest BCUT2D eigenvalue weighted by molar-refractivity contribution is -0.123. The van der Waals surface area contributed by atoms with Gasteiger partial charge < -0.3 is 4.90 Å². The number of thiocarbonyl (C=S) groups is 1. The maximum atomic E-state index is 13.6. The molecule has 5 rings (SSSR count). The molecule has 3 aliphatic rings. The van der Waals surface area contributed by atoms with E-state index in [1.54, 1.807) is 21.6 Å². The van der Waals surface area contributed by atoms with Crippen LogP contribution in [0.25, 0.3) is 11.7 Å². The minimum atomic E-state index is -0.140. The number of hydrogen-bond donors (Lipinski definition) is 0. The smallest absolute Gasteiger partial charge is 0.267 e. The van der Waals surface area contributed by atoms with Crippen molar-refractivity contribution in [2.24, 2.45) is 5.92 Å². The molecule has 8 heteroatoms. The highest BCUT2D eigenvalue weighted by molar-refractivity contribution is 8.26. The zero-order valence-corrected chi connectivity index (χ0v) is 20.2. The predicted octanol–water partition coefficient (Wildman–Crippen LogP) is 4.38. The van der Waals surface area contributed by atoms with Crippen LogP contribution < -0.4 is 10.5 Å². The van der Waals surface area contributed by atoms with Gasteiger partial charge in [-0.3, -0.25) is 18.9 Å². The minimum Gasteiger partial charge on any atom is -0.356 e. The molecule has 0 aromatic carbocycles. The summed E-state index contributed by atoms with van der Waals surface area (Å²) >= 11 is 6.87. The Balaban J connectivity index is 1.62. The summed E-state index contributed by atoms with van der Waals surface area (Å²) in [5.74, 6) is 1.28. The maximum Gasteiger partial charge on any atom is 0.267 e. The highest BCUT2D eigenvalue weighted by Crippen LogP contribution is 2.38. The van der Waals surface area contributed by atoms with Gasteiger partial charge in [0, 0.05) is 25.3 Å². The van der Waals surface area contributed by atoms with Crippen LogP contribution in [-0.4, -0.2) is 43.6 Å². The van der Waals surface area contributed by atoms with E-state index in [-0.39, 0.29) is 17.5 Å². The number of carbonyl (C=O) groups is 1. The summed E-state index contributed by atoms with van der Waals surface area (Å²) in [6.45, 7) is 5.95. The lowest BCUT2D eigenvalue weighted by Gasteiger charge is -2.32. The summed E-state index contributed by atoms with van der Waals surface area (Å²) in [4.78, 5) is 36.3. The van der Waals surface area contributed by atoms with Gasteiger partial charge in [0.1, 0.15) is 15.8 Å². The van der Waals surface area contributed by atoms with Gasteiger partial charge in [0.25, 0.3) is 11.5 Å². The maximum absolute atomic E-state index is 13.6. The van der Waals surface area contributed by atoms with Gasteiger partial charge in [-0.05, 0) is 56.2 Å². The molecule has 0 N–H and O–H groups in total. The lowest BCUT2D eigenvalue weighted by atomic mass is 9.99. The van der Waals surface area contributed by atoms with Crippen LogP contribution in [-0.2, 0) is 4.79 Å². The van der Waals surface area contributed by atoms with Crippen molar-refractivity contribution >= 4 is 51.7 Å². The van der Waals surface area contributed by atoms with Crippen LogP contribution in [0.4, 0.5) is 5.82 Å². The molecule has 2 aliphatic heterocycles. The van der Waals surface area contributed by atoms with Crippen LogP contribution in [0.1, 0.15) is 56.6 Å². The van der Waals surface area contributed by atoms with Gasteiger partial charge >= 0.3 is 0 Å². The third-order valence-corrected chi connectivity index (χ3v) is 8.27. The van der Waals surface area contributed by atoms with Crippen LogP contribution in [0.15, 0.2) is 28.0 Å². The van der Waals surface area contributed by atoms with Crippen LogP contribution in [0.2, 0.25) is 0 Å². The highest BCUT2D eigenvalue weighted by Gasteiger charge is 2.38. The minimum absolute atomic E-state index is 0.0705. The Kier molecular flexibility index (Phi) is 5.84. The molecule has 1 amide bonds. The Morgan fingerprint density at radius 3 is 2.59 bits per heavy atom. The molecule has 1 aliphatic carbocycles. The van der Waals surface area contributed by atoms with E-state index in [1.807, 2.05) is 19.1 Å². The van der Waals surface area contributed by atoms with E-state index in [1.165, 1.54) is 11.8 Å². The number of amides is 1. The number of hydrogen-bond acceptors (Lipinski definition) is 6. The third-order valence-electron chi connectivity index (χ3n) is 6.94. The van der Waals surface area contributed by atoms with Crippen LogP contribution in [0.3, 0.4) is 0 Å². The summed E-state index contributed by atoms with van der Waals surface area (Å²) in [7, 11) is 0. The number of carbonyl (C=O) groups excluding carboxylic acids is 1. The van der Waals surface area contributed by atoms with E-state index >= 15 is 0 Å². The zero-order chi connectivity index (χ0) is 22.4. The molecule has 2 saturated heterocycles. The van der Waals surface area contributed by atoms with Crippen molar-refractivity contribution in [3.05, 3.63) is 44.7 Å². The Morgan fingerprint density at radius 1 is 1.16 bits per heavy atom. The molecule has 0 atom stereocenters. The first-order valence-electron chi connectivity index (χ1n) is 11.5. The second kappa shape index (κ2) is 8.63. The van der Waals surface area contributed by atoms with Gasteiger partial charge in [0.15, 0.2) is 0 Å². The van der Waals surface area contributed by atoms with E-state index < -0.39 is 0 Å². The molecular formula is C24H28N4O2S2. The highest BCUT2D eigenvalue weighted by atomic mass is 32.2. The van der Waals surface area contributed by atoms with Gasteiger partial charge in [-0.2, -0.15) is 0 Å². The number of fused-ring (bicyclic) bond motifs is 1. The van der Waals surface area contributed by atoms with Crippen molar-refractivity contribution in [2.75, 3.05) is 18.0 Å². The summed E-state index contributed by atoms with van der Waals surface area (Å²) in [6.07, 6.45) is 9.89. The van der Waals surface area contributed by atoms with Crippen LogP contribution in [0.5, 0.6) is 0 Å². The molecule has 2 aromatic heterocycles. The summed E-state index contributed by atoms with van der Waals surface area (Å²) in [5, 5.41) is 0. The molecule has 4 heterocycles. The fraction of sp³-hybridized carbons (Fsp3) is 0.500. The lowest BCUT2D eigenvalue weighted by Crippen LogP contribution is -2.37. The normalized spacial score (nSPS) is 22.1. The van der Waals surface area contributed by atoms with E-state index in [0.29, 0.717) is 32.2 Å². The Bertz CT molecular complexity index is 1170. The second-order valence-electron chi connectivity index (χ2n) is 9.20. The monoisotopic (exact) mass is 468 g/mol. The molecule has 0 unspecified atom stereocenters. The van der Waals surface area contributed by atoms with Gasteiger partial charge in [-0.1, -0.05) is 49.8 Å². The number of piperidine rings is 1. The van der Waals surface area contributed by atoms with Gasteiger partial charge in [0.2, 0.25) is 0 Å². The first kappa shape index (κ1) is 21.6. The fourth-order valence-electron chi connectivity index (χ4n) is 4.98. The molecule has 2 aromatic rings. The molecule has 0 spiro atoms. The van der Waals surface area contributed by atoms with Gasteiger partial charge in [-0.15, -0.1) is 0 Å². The molecule has 0 radical (unpaired) electrons. The van der Waals surface area contributed by atoms with Gasteiger partial charge in [-0.25, -0.2) is 4.98 Å². The number of aryl methyl sites for hydroxylation is 1. The number of thioether (sulfide) groups is 1. The fourth-order valence-corrected chi connectivity index (χ4v) is 6.36. The number of anilines is 1. The van der Waals surface area contributed by atoms with Crippen LogP contribution in [0, 0.1) is 12.8 Å². The Morgan fingerprint density at radius 2 is 1.88 bits per heavy atom. The predicted molar refractivity (Wildman–Crippen MR) is 134 cm³/mol.